The van der Waals surface area contributed by atoms with Gasteiger partial charge in [0.2, 0.25) is 0 Å². The Morgan fingerprint density at radius 1 is 1.04 bits per heavy atom. The lowest BCUT2D eigenvalue weighted by Gasteiger charge is -2.45. The number of fused-ring (bicyclic) bond motifs is 1. The molecule has 1 aliphatic rings. The molecule has 1 atom stereocenters. The summed E-state index contributed by atoms with van der Waals surface area (Å²) in [6.07, 6.45) is 3.04. The second kappa shape index (κ2) is 7.17. The molecule has 0 fully saturated rings. The van der Waals surface area contributed by atoms with E-state index >= 15 is 0 Å². The fraction of sp³-hybridized carbons (Fsp3) is 0.619. The second-order valence-corrected chi connectivity index (χ2v) is 18.9. The molecular formula is C21H36O3Si2. The van der Waals surface area contributed by atoms with Crippen molar-refractivity contribution in [1.82, 2.24) is 0 Å². The van der Waals surface area contributed by atoms with Crippen LogP contribution in [0.4, 0.5) is 0 Å². The summed E-state index contributed by atoms with van der Waals surface area (Å²) in [6.45, 7) is 20.3. The molecule has 0 heterocycles. The van der Waals surface area contributed by atoms with E-state index in [0.29, 0.717) is 0 Å². The Labute approximate surface area is 161 Å². The van der Waals surface area contributed by atoms with Crippen molar-refractivity contribution in [2.24, 2.45) is 0 Å². The lowest BCUT2D eigenvalue weighted by atomic mass is 9.75. The van der Waals surface area contributed by atoms with Crippen LogP contribution in [0.2, 0.25) is 39.3 Å². The maximum absolute atomic E-state index is 6.85. The quantitative estimate of drug-likeness (QED) is 0.491. The van der Waals surface area contributed by atoms with E-state index in [4.69, 9.17) is 13.9 Å². The molecule has 26 heavy (non-hydrogen) atoms. The smallest absolute Gasteiger partial charge is 0.185 e. The fourth-order valence-electron chi connectivity index (χ4n) is 4.07. The first kappa shape index (κ1) is 21.3. The maximum Gasteiger partial charge on any atom is 0.185 e. The van der Waals surface area contributed by atoms with Gasteiger partial charge in [0.1, 0.15) is 5.60 Å². The number of hydrogen-bond acceptors (Lipinski definition) is 3. The van der Waals surface area contributed by atoms with Crippen molar-refractivity contribution in [3.8, 4) is 11.5 Å². The van der Waals surface area contributed by atoms with Crippen LogP contribution in [-0.2, 0) is 16.4 Å². The molecular weight excluding hydrogens is 356 g/mol. The third kappa shape index (κ3) is 3.80. The van der Waals surface area contributed by atoms with E-state index in [1.165, 1.54) is 16.3 Å². The number of ether oxygens (including phenoxy) is 2. The number of hydrogen-bond donors (Lipinski definition) is 0. The van der Waals surface area contributed by atoms with Crippen LogP contribution in [-0.4, -0.2) is 30.6 Å². The Morgan fingerprint density at radius 2 is 1.62 bits per heavy atom. The lowest BCUT2D eigenvalue weighted by Crippen LogP contribution is -2.46. The third-order valence-electron chi connectivity index (χ3n) is 5.12. The average Bonchev–Trinajstić information content (AvgIpc) is 2.50. The molecule has 3 nitrogen and oxygen atoms in total. The fourth-order valence-corrected chi connectivity index (χ4v) is 6.98. The van der Waals surface area contributed by atoms with Crippen LogP contribution in [0.15, 0.2) is 18.2 Å². The molecule has 5 heteroatoms. The van der Waals surface area contributed by atoms with Gasteiger partial charge in [0.05, 0.1) is 22.3 Å². The predicted octanol–water partition coefficient (Wildman–Crippen LogP) is 5.21. The van der Waals surface area contributed by atoms with Crippen molar-refractivity contribution in [3.05, 3.63) is 29.3 Å². The normalized spacial score (nSPS) is 20.5. The number of methoxy groups -OCH3 is 2. The molecule has 0 saturated heterocycles. The van der Waals surface area contributed by atoms with E-state index in [-0.39, 0.29) is 0 Å². The van der Waals surface area contributed by atoms with E-state index < -0.39 is 22.0 Å². The van der Waals surface area contributed by atoms with Crippen LogP contribution >= 0.6 is 0 Å². The Balaban J connectivity index is 2.88. The van der Waals surface area contributed by atoms with E-state index in [1.807, 2.05) is 0 Å². The van der Waals surface area contributed by atoms with Gasteiger partial charge < -0.3 is 13.9 Å². The summed E-state index contributed by atoms with van der Waals surface area (Å²) in [7, 11) is 0.0807. The summed E-state index contributed by atoms with van der Waals surface area (Å²) in [5.74, 6) is 1.81. The summed E-state index contributed by atoms with van der Waals surface area (Å²) in [4.78, 5) is 0. The molecule has 0 saturated carbocycles. The van der Waals surface area contributed by atoms with Crippen molar-refractivity contribution in [2.75, 3.05) is 14.2 Å². The van der Waals surface area contributed by atoms with E-state index in [0.717, 1.165) is 36.3 Å². The van der Waals surface area contributed by atoms with Gasteiger partial charge in [0.25, 0.3) is 0 Å². The molecule has 1 aromatic rings. The first-order valence-corrected chi connectivity index (χ1v) is 16.4. The SMILES string of the molecule is C=C(C)[C@]1(O[Si](C)(C)C)CCCc2c1cc([Si](C)(C)C)c(OC)c2OC. The third-order valence-corrected chi connectivity index (χ3v) is 8.06. The van der Waals surface area contributed by atoms with Crippen molar-refractivity contribution >= 4 is 21.6 Å². The van der Waals surface area contributed by atoms with Gasteiger partial charge in [-0.05, 0) is 62.2 Å². The molecule has 0 radical (unpaired) electrons. The Hall–Kier alpha value is -1.05. The molecule has 0 bridgehead atoms. The minimum absolute atomic E-state index is 0.411. The van der Waals surface area contributed by atoms with Crippen LogP contribution in [0, 0.1) is 0 Å². The van der Waals surface area contributed by atoms with Gasteiger partial charge in [-0.1, -0.05) is 32.3 Å². The number of benzene rings is 1. The van der Waals surface area contributed by atoms with Crippen molar-refractivity contribution in [2.45, 2.75) is 71.1 Å². The standard InChI is InChI=1S/C21H36O3Si2/c1-15(2)21(24-26(8,9)10)13-11-12-16-17(21)14-18(25(5,6)7)20(23-4)19(16)22-3/h14H,1,11-13H2,2-10H3/t21-/m1/s1. The van der Waals surface area contributed by atoms with Gasteiger partial charge >= 0.3 is 0 Å². The van der Waals surface area contributed by atoms with Crippen molar-refractivity contribution < 1.29 is 13.9 Å². The van der Waals surface area contributed by atoms with Gasteiger partial charge in [-0.25, -0.2) is 0 Å². The highest BCUT2D eigenvalue weighted by Gasteiger charge is 2.44. The first-order chi connectivity index (χ1) is 11.9. The average molecular weight is 393 g/mol. The van der Waals surface area contributed by atoms with Crippen LogP contribution in [0.1, 0.15) is 30.9 Å². The largest absolute Gasteiger partial charge is 0.493 e. The molecule has 146 valence electrons. The zero-order valence-electron chi connectivity index (χ0n) is 18.1. The van der Waals surface area contributed by atoms with Crippen molar-refractivity contribution in [1.29, 1.82) is 0 Å². The van der Waals surface area contributed by atoms with Crippen LogP contribution < -0.4 is 14.7 Å². The van der Waals surface area contributed by atoms with Gasteiger partial charge in [-0.15, -0.1) is 0 Å². The van der Waals surface area contributed by atoms with E-state index in [1.54, 1.807) is 14.2 Å². The monoisotopic (exact) mass is 392 g/mol. The van der Waals surface area contributed by atoms with Gasteiger partial charge in [0.15, 0.2) is 19.8 Å². The van der Waals surface area contributed by atoms with E-state index in [2.05, 4.69) is 58.9 Å². The Bertz CT molecular complexity index is 699. The molecule has 1 aliphatic carbocycles. The van der Waals surface area contributed by atoms with Gasteiger partial charge in [0, 0.05) is 5.56 Å². The van der Waals surface area contributed by atoms with E-state index in [9.17, 15) is 0 Å². The van der Waals surface area contributed by atoms with Crippen LogP contribution in [0.5, 0.6) is 11.5 Å². The molecule has 2 rings (SSSR count). The second-order valence-electron chi connectivity index (χ2n) is 9.44. The number of rotatable bonds is 6. The lowest BCUT2D eigenvalue weighted by molar-refractivity contribution is 0.0773. The molecule has 0 aromatic heterocycles. The Morgan fingerprint density at radius 3 is 2.04 bits per heavy atom. The summed E-state index contributed by atoms with van der Waals surface area (Å²) in [5, 5.41) is 1.29. The summed E-state index contributed by atoms with van der Waals surface area (Å²) < 4.78 is 18.6. The minimum Gasteiger partial charge on any atom is -0.493 e. The van der Waals surface area contributed by atoms with Crippen molar-refractivity contribution in [3.63, 3.8) is 0 Å². The summed E-state index contributed by atoms with van der Waals surface area (Å²) in [6, 6.07) is 2.36. The minimum atomic E-state index is -1.78. The summed E-state index contributed by atoms with van der Waals surface area (Å²) in [5.41, 5.74) is 3.17. The molecule has 0 unspecified atom stereocenters. The Kier molecular flexibility index (Phi) is 5.86. The first-order valence-electron chi connectivity index (χ1n) is 9.52. The van der Waals surface area contributed by atoms with Gasteiger partial charge in [-0.3, -0.25) is 0 Å². The topological polar surface area (TPSA) is 27.7 Å². The molecule has 0 amide bonds. The molecule has 0 aliphatic heterocycles. The molecule has 1 aromatic carbocycles. The summed E-state index contributed by atoms with van der Waals surface area (Å²) >= 11 is 0. The van der Waals surface area contributed by atoms with Crippen LogP contribution in [0.3, 0.4) is 0 Å². The zero-order valence-corrected chi connectivity index (χ0v) is 20.1. The maximum atomic E-state index is 6.85. The highest BCUT2D eigenvalue weighted by molar-refractivity contribution is 6.89. The zero-order chi connectivity index (χ0) is 19.9. The predicted molar refractivity (Wildman–Crippen MR) is 116 cm³/mol. The highest BCUT2D eigenvalue weighted by atomic mass is 28.4. The molecule has 0 spiro atoms. The highest BCUT2D eigenvalue weighted by Crippen LogP contribution is 2.49. The van der Waals surface area contributed by atoms with Gasteiger partial charge in [-0.2, -0.15) is 0 Å². The van der Waals surface area contributed by atoms with Crippen LogP contribution in [0.25, 0.3) is 0 Å². The molecule has 0 N–H and O–H groups in total.